The number of nitrogens with zero attached hydrogens (tertiary/aromatic N) is 6. The highest BCUT2D eigenvalue weighted by atomic mass is 15.3. The molecule has 1 fully saturated rings. The standard InChI is InChI=1S/C20H30N10/c1-2-3-17(21)27-19-18-16(26-20(22)28-19)11-25-30(18)13-15-5-4-14(10-24-15)12-29-8-6-23-7-9-29/h4-5,10-11,17,23H,2-3,6-9,12-13,21H2,1H3,(H3,22,26,27,28). The molecule has 1 atom stereocenters. The monoisotopic (exact) mass is 410 g/mol. The molecule has 1 unspecified atom stereocenters. The van der Waals surface area contributed by atoms with E-state index in [1.807, 2.05) is 10.9 Å². The van der Waals surface area contributed by atoms with Gasteiger partial charge in [0.15, 0.2) is 5.82 Å². The van der Waals surface area contributed by atoms with E-state index in [1.165, 1.54) is 5.56 Å². The molecule has 1 aliphatic rings. The minimum atomic E-state index is -0.210. The minimum Gasteiger partial charge on any atom is -0.368 e. The van der Waals surface area contributed by atoms with Gasteiger partial charge in [0.25, 0.3) is 0 Å². The zero-order valence-corrected chi connectivity index (χ0v) is 17.4. The maximum atomic E-state index is 6.16. The van der Waals surface area contributed by atoms with Gasteiger partial charge in [0, 0.05) is 38.9 Å². The molecule has 1 saturated heterocycles. The number of nitrogens with two attached hydrogens (primary N) is 2. The molecule has 3 aromatic rings. The Kier molecular flexibility index (Phi) is 6.36. The second-order valence-electron chi connectivity index (χ2n) is 7.69. The van der Waals surface area contributed by atoms with E-state index >= 15 is 0 Å². The number of rotatable bonds is 8. The molecule has 0 spiro atoms. The predicted molar refractivity (Wildman–Crippen MR) is 118 cm³/mol. The minimum absolute atomic E-state index is 0.198. The van der Waals surface area contributed by atoms with Crippen molar-refractivity contribution < 1.29 is 0 Å². The Bertz CT molecular complexity index is 962. The topological polar surface area (TPSA) is 136 Å². The number of nitrogens with one attached hydrogen (secondary N) is 2. The first-order valence-corrected chi connectivity index (χ1v) is 10.5. The molecule has 10 nitrogen and oxygen atoms in total. The zero-order valence-electron chi connectivity index (χ0n) is 17.4. The van der Waals surface area contributed by atoms with Crippen molar-refractivity contribution in [2.24, 2.45) is 5.73 Å². The average molecular weight is 411 g/mol. The molecule has 4 heterocycles. The Balaban J connectivity index is 1.51. The average Bonchev–Trinajstić information content (AvgIpc) is 3.13. The van der Waals surface area contributed by atoms with E-state index < -0.39 is 0 Å². The van der Waals surface area contributed by atoms with Crippen molar-refractivity contribution >= 4 is 22.8 Å². The van der Waals surface area contributed by atoms with Crippen LogP contribution in [0.25, 0.3) is 11.0 Å². The van der Waals surface area contributed by atoms with Crippen molar-refractivity contribution in [2.45, 2.75) is 39.0 Å². The summed E-state index contributed by atoms with van der Waals surface area (Å²) in [5.74, 6) is 0.801. The number of nitrogen functional groups attached to an aromatic ring is 1. The number of fused-ring (bicyclic) bond motifs is 1. The summed E-state index contributed by atoms with van der Waals surface area (Å²) in [5, 5.41) is 11.1. The predicted octanol–water partition coefficient (Wildman–Crippen LogP) is 0.754. The normalized spacial score (nSPS) is 16.1. The van der Waals surface area contributed by atoms with Crippen molar-refractivity contribution in [1.82, 2.24) is 34.9 Å². The summed E-state index contributed by atoms with van der Waals surface area (Å²) in [7, 11) is 0. The summed E-state index contributed by atoms with van der Waals surface area (Å²) in [5.41, 5.74) is 15.6. The van der Waals surface area contributed by atoms with Crippen LogP contribution in [0.4, 0.5) is 11.8 Å². The number of hydrogen-bond donors (Lipinski definition) is 4. The van der Waals surface area contributed by atoms with Crippen LogP contribution in [0.2, 0.25) is 0 Å². The van der Waals surface area contributed by atoms with Gasteiger partial charge in [0.1, 0.15) is 11.0 Å². The van der Waals surface area contributed by atoms with Crippen molar-refractivity contribution in [3.05, 3.63) is 35.8 Å². The fourth-order valence-electron chi connectivity index (χ4n) is 3.72. The second-order valence-corrected chi connectivity index (χ2v) is 7.69. The first kappa shape index (κ1) is 20.5. The Morgan fingerprint density at radius 1 is 1.17 bits per heavy atom. The third-order valence-corrected chi connectivity index (χ3v) is 5.24. The molecule has 10 heteroatoms. The third-order valence-electron chi connectivity index (χ3n) is 5.24. The van der Waals surface area contributed by atoms with Crippen LogP contribution >= 0.6 is 0 Å². The van der Waals surface area contributed by atoms with Gasteiger partial charge in [-0.2, -0.15) is 10.1 Å². The van der Waals surface area contributed by atoms with Crippen molar-refractivity contribution in [1.29, 1.82) is 0 Å². The first-order valence-electron chi connectivity index (χ1n) is 10.5. The molecule has 160 valence electrons. The Morgan fingerprint density at radius 2 is 2.00 bits per heavy atom. The summed E-state index contributed by atoms with van der Waals surface area (Å²) in [6, 6.07) is 4.19. The SMILES string of the molecule is CCCC(N)Nc1nc(N)nc2cnn(Cc3ccc(CN4CCNCC4)cn3)c12. The van der Waals surface area contributed by atoms with Gasteiger partial charge >= 0.3 is 0 Å². The first-order chi connectivity index (χ1) is 14.6. The lowest BCUT2D eigenvalue weighted by Gasteiger charge is -2.27. The molecular weight excluding hydrogens is 380 g/mol. The number of pyridine rings is 1. The number of aromatic nitrogens is 5. The highest BCUT2D eigenvalue weighted by Gasteiger charge is 2.15. The molecule has 1 aliphatic heterocycles. The lowest BCUT2D eigenvalue weighted by Crippen LogP contribution is -2.42. The van der Waals surface area contributed by atoms with Crippen LogP contribution in [0.15, 0.2) is 24.5 Å². The number of hydrogen-bond acceptors (Lipinski definition) is 9. The van der Waals surface area contributed by atoms with Crippen molar-refractivity contribution in [3.63, 3.8) is 0 Å². The van der Waals surface area contributed by atoms with Gasteiger partial charge in [-0.1, -0.05) is 19.4 Å². The highest BCUT2D eigenvalue weighted by molar-refractivity contribution is 5.86. The maximum Gasteiger partial charge on any atom is 0.222 e. The van der Waals surface area contributed by atoms with E-state index in [2.05, 4.69) is 54.6 Å². The van der Waals surface area contributed by atoms with Gasteiger partial charge in [0.2, 0.25) is 5.95 Å². The maximum absolute atomic E-state index is 6.16. The van der Waals surface area contributed by atoms with Gasteiger partial charge in [-0.05, 0) is 18.1 Å². The summed E-state index contributed by atoms with van der Waals surface area (Å²) in [4.78, 5) is 15.8. The van der Waals surface area contributed by atoms with E-state index in [9.17, 15) is 0 Å². The number of anilines is 2. The molecule has 6 N–H and O–H groups in total. The lowest BCUT2D eigenvalue weighted by molar-refractivity contribution is 0.233. The summed E-state index contributed by atoms with van der Waals surface area (Å²) in [6.07, 6.45) is 5.24. The van der Waals surface area contributed by atoms with Crippen LogP contribution in [0.1, 0.15) is 31.0 Å². The Hall–Kier alpha value is -2.82. The molecule has 0 radical (unpaired) electrons. The van der Waals surface area contributed by atoms with Gasteiger partial charge < -0.3 is 22.1 Å². The van der Waals surface area contributed by atoms with E-state index in [0.717, 1.165) is 56.8 Å². The van der Waals surface area contributed by atoms with Crippen LogP contribution in [-0.4, -0.2) is 62.0 Å². The number of piperazine rings is 1. The van der Waals surface area contributed by atoms with Gasteiger partial charge in [-0.25, -0.2) is 4.98 Å². The molecule has 0 aromatic carbocycles. The van der Waals surface area contributed by atoms with Crippen LogP contribution in [0.5, 0.6) is 0 Å². The van der Waals surface area contributed by atoms with E-state index in [1.54, 1.807) is 6.20 Å². The third kappa shape index (κ3) is 4.84. The molecular formula is C20H30N10. The molecule has 0 bridgehead atoms. The molecule has 0 saturated carbocycles. The smallest absolute Gasteiger partial charge is 0.222 e. The van der Waals surface area contributed by atoms with Crippen molar-refractivity contribution in [2.75, 3.05) is 37.2 Å². The van der Waals surface area contributed by atoms with Crippen LogP contribution < -0.4 is 22.1 Å². The van der Waals surface area contributed by atoms with Crippen LogP contribution in [0.3, 0.4) is 0 Å². The highest BCUT2D eigenvalue weighted by Crippen LogP contribution is 2.22. The molecule has 0 aliphatic carbocycles. The zero-order chi connectivity index (χ0) is 20.9. The molecule has 3 aromatic heterocycles. The summed E-state index contributed by atoms with van der Waals surface area (Å²) >= 11 is 0. The van der Waals surface area contributed by atoms with Crippen molar-refractivity contribution in [3.8, 4) is 0 Å². The Labute approximate surface area is 176 Å². The largest absolute Gasteiger partial charge is 0.368 e. The molecule has 0 amide bonds. The lowest BCUT2D eigenvalue weighted by atomic mass is 10.2. The second kappa shape index (κ2) is 9.33. The van der Waals surface area contributed by atoms with E-state index in [0.29, 0.717) is 17.9 Å². The van der Waals surface area contributed by atoms with Crippen LogP contribution in [-0.2, 0) is 13.1 Å². The quantitative estimate of drug-likeness (QED) is 0.397. The van der Waals surface area contributed by atoms with Crippen LogP contribution in [0, 0.1) is 0 Å². The summed E-state index contributed by atoms with van der Waals surface area (Å²) in [6.45, 7) is 7.76. The fourth-order valence-corrected chi connectivity index (χ4v) is 3.72. The van der Waals surface area contributed by atoms with E-state index in [4.69, 9.17) is 11.5 Å². The fraction of sp³-hybridized carbons (Fsp3) is 0.500. The van der Waals surface area contributed by atoms with Gasteiger partial charge in [-0.15, -0.1) is 0 Å². The van der Waals surface area contributed by atoms with Gasteiger partial charge in [-0.3, -0.25) is 14.6 Å². The van der Waals surface area contributed by atoms with E-state index in [-0.39, 0.29) is 12.1 Å². The molecule has 30 heavy (non-hydrogen) atoms. The Morgan fingerprint density at radius 3 is 2.73 bits per heavy atom. The summed E-state index contributed by atoms with van der Waals surface area (Å²) < 4.78 is 1.84. The molecule has 4 rings (SSSR count). The van der Waals surface area contributed by atoms with Gasteiger partial charge in [0.05, 0.1) is 24.6 Å².